The minimum absolute atomic E-state index is 0.0913. The quantitative estimate of drug-likeness (QED) is 0.854. The molecule has 0 aliphatic heterocycles. The molecule has 5 nitrogen and oxygen atoms in total. The topological polar surface area (TPSA) is 80.7 Å². The zero-order valence-electron chi connectivity index (χ0n) is 8.25. The maximum absolute atomic E-state index is 13.1. The number of methoxy groups -OCH3 is 1. The summed E-state index contributed by atoms with van der Waals surface area (Å²) >= 11 is 0. The van der Waals surface area contributed by atoms with Crippen LogP contribution < -0.4 is 4.74 Å². The third-order valence-corrected chi connectivity index (χ3v) is 3.54. The van der Waals surface area contributed by atoms with Crippen molar-refractivity contribution in [3.8, 4) is 5.75 Å². The van der Waals surface area contributed by atoms with Crippen molar-refractivity contribution < 1.29 is 27.4 Å². The van der Waals surface area contributed by atoms with Gasteiger partial charge in [-0.15, -0.1) is 0 Å². The number of carboxylic acids is 1. The molecule has 1 N–H and O–H groups in total. The second kappa shape index (κ2) is 4.48. The molecular weight excluding hydrogens is 239 g/mol. The summed E-state index contributed by atoms with van der Waals surface area (Å²) in [5.74, 6) is -2.14. The predicted octanol–water partition coefficient (Wildman–Crippen LogP) is 0.849. The number of ether oxygens (including phenoxy) is 1. The molecule has 1 aromatic carbocycles. The van der Waals surface area contributed by atoms with Crippen LogP contribution in [-0.4, -0.2) is 32.1 Å². The van der Waals surface area contributed by atoms with E-state index in [1.165, 1.54) is 25.3 Å². The van der Waals surface area contributed by atoms with Crippen LogP contribution in [-0.2, 0) is 14.6 Å². The van der Waals surface area contributed by atoms with Crippen LogP contribution in [0.15, 0.2) is 29.2 Å². The SMILES string of the molecule is COc1ccccc1S(=O)(=O)C(F)C(=O)O. The molecule has 0 radical (unpaired) electrons. The van der Waals surface area contributed by atoms with Crippen LogP contribution in [0.1, 0.15) is 0 Å². The van der Waals surface area contributed by atoms with Gasteiger partial charge in [0.25, 0.3) is 0 Å². The van der Waals surface area contributed by atoms with Gasteiger partial charge >= 0.3 is 11.5 Å². The van der Waals surface area contributed by atoms with Gasteiger partial charge in [-0.05, 0) is 12.1 Å². The number of hydrogen-bond acceptors (Lipinski definition) is 4. The third-order valence-electron chi connectivity index (χ3n) is 1.84. The highest BCUT2D eigenvalue weighted by Crippen LogP contribution is 2.27. The number of sulfone groups is 1. The summed E-state index contributed by atoms with van der Waals surface area (Å²) in [6.45, 7) is 0. The first-order valence-corrected chi connectivity index (χ1v) is 5.69. The molecule has 88 valence electrons. The lowest BCUT2D eigenvalue weighted by atomic mass is 10.3. The summed E-state index contributed by atoms with van der Waals surface area (Å²) in [5, 5.41) is 8.35. The molecule has 0 aliphatic rings. The molecule has 0 saturated carbocycles. The number of aliphatic carboxylic acids is 1. The first-order valence-electron chi connectivity index (χ1n) is 4.15. The number of rotatable bonds is 4. The first kappa shape index (κ1) is 12.4. The average molecular weight is 248 g/mol. The summed E-state index contributed by atoms with van der Waals surface area (Å²) in [6, 6.07) is 5.24. The highest BCUT2D eigenvalue weighted by atomic mass is 32.2. The molecule has 0 saturated heterocycles. The molecule has 0 aromatic heterocycles. The Bertz CT molecular complexity index is 496. The maximum Gasteiger partial charge on any atom is 0.354 e. The Morgan fingerprint density at radius 1 is 1.44 bits per heavy atom. The van der Waals surface area contributed by atoms with Crippen molar-refractivity contribution in [2.45, 2.75) is 10.4 Å². The van der Waals surface area contributed by atoms with Crippen molar-refractivity contribution in [1.29, 1.82) is 0 Å². The van der Waals surface area contributed by atoms with Gasteiger partial charge in [-0.25, -0.2) is 17.6 Å². The van der Waals surface area contributed by atoms with E-state index in [4.69, 9.17) is 9.84 Å². The van der Waals surface area contributed by atoms with Gasteiger partial charge in [0.2, 0.25) is 9.84 Å². The number of para-hydroxylation sites is 1. The molecule has 16 heavy (non-hydrogen) atoms. The number of carboxylic acid groups (broad SMARTS) is 1. The van der Waals surface area contributed by atoms with E-state index in [0.29, 0.717) is 0 Å². The van der Waals surface area contributed by atoms with Crippen molar-refractivity contribution in [2.24, 2.45) is 0 Å². The molecular formula is C9H9FO5S. The number of carbonyl (C=O) groups is 1. The highest BCUT2D eigenvalue weighted by molar-refractivity contribution is 7.92. The van der Waals surface area contributed by atoms with Crippen LogP contribution in [0.4, 0.5) is 4.39 Å². The molecule has 0 spiro atoms. The summed E-state index contributed by atoms with van der Waals surface area (Å²) in [6.07, 6.45) is 0. The van der Waals surface area contributed by atoms with Crippen LogP contribution in [0.5, 0.6) is 5.75 Å². The Morgan fingerprint density at radius 2 is 2.00 bits per heavy atom. The van der Waals surface area contributed by atoms with Crippen molar-refractivity contribution >= 4 is 15.8 Å². The van der Waals surface area contributed by atoms with E-state index in [1.807, 2.05) is 0 Å². The molecule has 1 unspecified atom stereocenters. The van der Waals surface area contributed by atoms with Gasteiger partial charge in [-0.1, -0.05) is 12.1 Å². The second-order valence-electron chi connectivity index (χ2n) is 2.85. The van der Waals surface area contributed by atoms with Gasteiger partial charge in [-0.3, -0.25) is 0 Å². The third kappa shape index (κ3) is 2.13. The number of halogens is 1. The molecule has 1 atom stereocenters. The maximum atomic E-state index is 13.1. The molecule has 1 rings (SSSR count). The molecule has 0 fully saturated rings. The zero-order valence-corrected chi connectivity index (χ0v) is 9.07. The van der Waals surface area contributed by atoms with E-state index in [9.17, 15) is 17.6 Å². The largest absolute Gasteiger partial charge is 0.495 e. The molecule has 0 heterocycles. The molecule has 0 bridgehead atoms. The standard InChI is InChI=1S/C9H9FO5S/c1-15-6-4-2-3-5-7(6)16(13,14)8(10)9(11)12/h2-5,8H,1H3,(H,11,12). The second-order valence-corrected chi connectivity index (χ2v) is 4.79. The fourth-order valence-electron chi connectivity index (χ4n) is 1.10. The number of benzene rings is 1. The first-order chi connectivity index (χ1) is 7.41. The van der Waals surface area contributed by atoms with E-state index >= 15 is 0 Å². The van der Waals surface area contributed by atoms with Crippen LogP contribution >= 0.6 is 0 Å². The normalized spacial score (nSPS) is 13.1. The van der Waals surface area contributed by atoms with Gasteiger partial charge in [0.05, 0.1) is 7.11 Å². The van der Waals surface area contributed by atoms with Gasteiger partial charge in [0, 0.05) is 0 Å². The van der Waals surface area contributed by atoms with E-state index in [0.717, 1.165) is 6.07 Å². The van der Waals surface area contributed by atoms with Crippen molar-refractivity contribution in [1.82, 2.24) is 0 Å². The van der Waals surface area contributed by atoms with Crippen LogP contribution in [0.2, 0.25) is 0 Å². The lowest BCUT2D eigenvalue weighted by molar-refractivity contribution is -0.139. The fourth-order valence-corrected chi connectivity index (χ4v) is 2.29. The Balaban J connectivity index is 3.33. The van der Waals surface area contributed by atoms with Crippen molar-refractivity contribution in [3.63, 3.8) is 0 Å². The van der Waals surface area contributed by atoms with Crippen molar-refractivity contribution in [3.05, 3.63) is 24.3 Å². The van der Waals surface area contributed by atoms with E-state index < -0.39 is 26.2 Å². The van der Waals surface area contributed by atoms with E-state index in [1.54, 1.807) is 0 Å². The summed E-state index contributed by atoms with van der Waals surface area (Å²) in [4.78, 5) is 9.84. The minimum Gasteiger partial charge on any atom is -0.495 e. The fraction of sp³-hybridized carbons (Fsp3) is 0.222. The van der Waals surface area contributed by atoms with Gasteiger partial charge < -0.3 is 9.84 Å². The predicted molar refractivity (Wildman–Crippen MR) is 52.7 cm³/mol. The number of alkyl halides is 1. The minimum atomic E-state index is -4.57. The van der Waals surface area contributed by atoms with E-state index in [-0.39, 0.29) is 5.75 Å². The lowest BCUT2D eigenvalue weighted by Gasteiger charge is -2.09. The van der Waals surface area contributed by atoms with Crippen LogP contribution in [0.25, 0.3) is 0 Å². The smallest absolute Gasteiger partial charge is 0.354 e. The lowest BCUT2D eigenvalue weighted by Crippen LogP contribution is -2.25. The Labute approximate surface area is 91.4 Å². The summed E-state index contributed by atoms with van der Waals surface area (Å²) < 4.78 is 40.8. The Hall–Kier alpha value is -1.63. The summed E-state index contributed by atoms with van der Waals surface area (Å²) in [7, 11) is -3.36. The molecule has 1 aromatic rings. The van der Waals surface area contributed by atoms with Gasteiger partial charge in [0.1, 0.15) is 10.6 Å². The highest BCUT2D eigenvalue weighted by Gasteiger charge is 2.35. The van der Waals surface area contributed by atoms with Gasteiger partial charge in [0.15, 0.2) is 0 Å². The van der Waals surface area contributed by atoms with E-state index in [2.05, 4.69) is 0 Å². The average Bonchev–Trinajstić information content (AvgIpc) is 2.27. The van der Waals surface area contributed by atoms with Crippen LogP contribution in [0.3, 0.4) is 0 Å². The number of hydrogen-bond donors (Lipinski definition) is 1. The molecule has 7 heteroatoms. The monoisotopic (exact) mass is 248 g/mol. The molecule has 0 amide bonds. The molecule has 0 aliphatic carbocycles. The summed E-state index contributed by atoms with van der Waals surface area (Å²) in [5.41, 5.74) is -3.00. The van der Waals surface area contributed by atoms with Crippen LogP contribution in [0, 0.1) is 0 Å². The van der Waals surface area contributed by atoms with Crippen molar-refractivity contribution in [2.75, 3.05) is 7.11 Å². The Kier molecular flexibility index (Phi) is 3.48. The zero-order chi connectivity index (χ0) is 12.3. The van der Waals surface area contributed by atoms with Gasteiger partial charge in [-0.2, -0.15) is 0 Å². The Morgan fingerprint density at radius 3 is 2.50 bits per heavy atom.